The molecule has 2 rings (SSSR count). The summed E-state index contributed by atoms with van der Waals surface area (Å²) in [6.07, 6.45) is 1.14. The van der Waals surface area contributed by atoms with E-state index >= 15 is 0 Å². The van der Waals surface area contributed by atoms with Gasteiger partial charge in [-0.05, 0) is 38.3 Å². The number of nitrogens with zero attached hydrogens (tertiary/aromatic N) is 2. The van der Waals surface area contributed by atoms with Crippen molar-refractivity contribution < 1.29 is 14.9 Å². The number of benzene rings is 1. The minimum atomic E-state index is 0.0722. The average Bonchev–Trinajstić information content (AvgIpc) is 2.67. The van der Waals surface area contributed by atoms with E-state index in [1.807, 2.05) is 13.8 Å². The molecule has 0 amide bonds. The van der Waals surface area contributed by atoms with Crippen LogP contribution in [0.3, 0.4) is 0 Å². The lowest BCUT2D eigenvalue weighted by molar-refractivity contribution is 0.288. The number of aliphatic hydroxyl groups is 1. The molecule has 0 spiro atoms. The molecule has 0 aliphatic heterocycles. The van der Waals surface area contributed by atoms with Crippen LogP contribution in [0.2, 0.25) is 5.02 Å². The van der Waals surface area contributed by atoms with E-state index in [0.717, 1.165) is 11.3 Å². The predicted octanol–water partition coefficient (Wildman–Crippen LogP) is 3.11. The molecule has 21 heavy (non-hydrogen) atoms. The Bertz CT molecular complexity index is 653. The van der Waals surface area contributed by atoms with E-state index in [9.17, 15) is 5.11 Å². The molecule has 5 nitrogen and oxygen atoms in total. The summed E-state index contributed by atoms with van der Waals surface area (Å²) in [6.45, 7) is 3.89. The number of aromatic nitrogens is 2. The molecule has 1 aromatic heterocycles. The van der Waals surface area contributed by atoms with Crippen LogP contribution >= 0.6 is 11.6 Å². The normalized spacial score (nSPS) is 10.9. The molecule has 0 saturated heterocycles. The Labute approximate surface area is 128 Å². The summed E-state index contributed by atoms with van der Waals surface area (Å²) in [4.78, 5) is 0. The highest BCUT2D eigenvalue weighted by molar-refractivity contribution is 6.32. The van der Waals surface area contributed by atoms with Crippen molar-refractivity contribution in [2.24, 2.45) is 7.05 Å². The molecule has 114 valence electrons. The fraction of sp³-hybridized carbons (Fsp3) is 0.400. The Morgan fingerprint density at radius 2 is 2.05 bits per heavy atom. The maximum Gasteiger partial charge on any atom is 0.220 e. The first-order chi connectivity index (χ1) is 9.93. The first-order valence-electron chi connectivity index (χ1n) is 6.74. The van der Waals surface area contributed by atoms with Crippen LogP contribution in [0.25, 0.3) is 0 Å². The topological polar surface area (TPSA) is 67.5 Å². The molecule has 6 heteroatoms. The number of aromatic hydroxyl groups is 1. The zero-order valence-electron chi connectivity index (χ0n) is 12.4. The van der Waals surface area contributed by atoms with Crippen molar-refractivity contribution in [1.82, 2.24) is 9.78 Å². The van der Waals surface area contributed by atoms with Gasteiger partial charge in [0.25, 0.3) is 0 Å². The largest absolute Gasteiger partial charge is 0.508 e. The Kier molecular flexibility index (Phi) is 4.75. The fourth-order valence-corrected chi connectivity index (χ4v) is 2.35. The molecule has 0 unspecified atom stereocenters. The first kappa shape index (κ1) is 15.7. The van der Waals surface area contributed by atoms with Crippen LogP contribution in [-0.4, -0.2) is 26.6 Å². The Hall–Kier alpha value is -1.72. The van der Waals surface area contributed by atoms with Gasteiger partial charge in [0.2, 0.25) is 5.88 Å². The van der Waals surface area contributed by atoms with E-state index in [1.54, 1.807) is 17.8 Å². The minimum absolute atomic E-state index is 0.0722. The number of phenolic OH excluding ortho intramolecular Hbond substituents is 1. The Morgan fingerprint density at radius 3 is 2.62 bits per heavy atom. The van der Waals surface area contributed by atoms with E-state index in [0.29, 0.717) is 35.1 Å². The highest BCUT2D eigenvalue weighted by Gasteiger charge is 2.15. The molecule has 1 heterocycles. The van der Waals surface area contributed by atoms with Crippen LogP contribution < -0.4 is 4.74 Å². The van der Waals surface area contributed by atoms with E-state index in [-0.39, 0.29) is 12.4 Å². The summed E-state index contributed by atoms with van der Waals surface area (Å²) in [5, 5.41) is 23.6. The molecular weight excluding hydrogens is 292 g/mol. The monoisotopic (exact) mass is 310 g/mol. The van der Waals surface area contributed by atoms with Crippen LogP contribution in [0.15, 0.2) is 12.1 Å². The van der Waals surface area contributed by atoms with Gasteiger partial charge in [0.15, 0.2) is 5.75 Å². The van der Waals surface area contributed by atoms with Crippen LogP contribution in [-0.2, 0) is 13.5 Å². The molecule has 0 aliphatic rings. The van der Waals surface area contributed by atoms with Crippen molar-refractivity contribution in [1.29, 1.82) is 0 Å². The molecule has 1 aromatic carbocycles. The first-order valence-corrected chi connectivity index (χ1v) is 7.12. The van der Waals surface area contributed by atoms with Crippen LogP contribution in [0, 0.1) is 13.8 Å². The third kappa shape index (κ3) is 3.31. The highest BCUT2D eigenvalue weighted by atomic mass is 35.5. The maximum absolute atomic E-state index is 10.0. The van der Waals surface area contributed by atoms with Gasteiger partial charge in [0, 0.05) is 25.3 Å². The van der Waals surface area contributed by atoms with Gasteiger partial charge >= 0.3 is 0 Å². The lowest BCUT2D eigenvalue weighted by Crippen LogP contribution is -1.97. The van der Waals surface area contributed by atoms with Crippen molar-refractivity contribution in [3.8, 4) is 17.4 Å². The summed E-state index contributed by atoms with van der Waals surface area (Å²) in [5.41, 5.74) is 2.50. The lowest BCUT2D eigenvalue weighted by Gasteiger charge is -2.11. The summed E-state index contributed by atoms with van der Waals surface area (Å²) in [6, 6.07) is 3.16. The summed E-state index contributed by atoms with van der Waals surface area (Å²) in [5.74, 6) is 1.09. The summed E-state index contributed by atoms with van der Waals surface area (Å²) >= 11 is 6.21. The van der Waals surface area contributed by atoms with Gasteiger partial charge in [-0.25, -0.2) is 4.68 Å². The quantitative estimate of drug-likeness (QED) is 0.890. The van der Waals surface area contributed by atoms with Gasteiger partial charge in [-0.2, -0.15) is 5.10 Å². The van der Waals surface area contributed by atoms with Crippen molar-refractivity contribution in [3.63, 3.8) is 0 Å². The second-order valence-electron chi connectivity index (χ2n) is 4.98. The Balaban J connectivity index is 2.30. The van der Waals surface area contributed by atoms with Gasteiger partial charge < -0.3 is 14.9 Å². The minimum Gasteiger partial charge on any atom is -0.508 e. The van der Waals surface area contributed by atoms with Crippen LogP contribution in [0.1, 0.15) is 23.2 Å². The van der Waals surface area contributed by atoms with Gasteiger partial charge in [0.1, 0.15) is 5.75 Å². The lowest BCUT2D eigenvalue weighted by atomic mass is 10.1. The number of hydrogen-bond acceptors (Lipinski definition) is 4. The molecule has 0 atom stereocenters. The van der Waals surface area contributed by atoms with E-state index in [2.05, 4.69) is 5.10 Å². The van der Waals surface area contributed by atoms with E-state index in [1.165, 1.54) is 6.07 Å². The number of aliphatic hydroxyl groups excluding tert-OH is 1. The highest BCUT2D eigenvalue weighted by Crippen LogP contribution is 2.36. The number of rotatable bonds is 5. The number of halogens is 1. The number of aryl methyl sites for hydroxylation is 3. The number of hydrogen-bond donors (Lipinski definition) is 2. The molecule has 0 radical (unpaired) electrons. The molecule has 0 aliphatic carbocycles. The van der Waals surface area contributed by atoms with Gasteiger partial charge in [-0.3, -0.25) is 0 Å². The van der Waals surface area contributed by atoms with Gasteiger partial charge in [0.05, 0.1) is 10.7 Å². The smallest absolute Gasteiger partial charge is 0.220 e. The number of ether oxygens (including phenoxy) is 1. The second-order valence-corrected chi connectivity index (χ2v) is 5.39. The van der Waals surface area contributed by atoms with E-state index < -0.39 is 0 Å². The van der Waals surface area contributed by atoms with Gasteiger partial charge in [-0.15, -0.1) is 0 Å². The SMILES string of the molecule is Cc1nn(C)c(Oc2cc(O)c(CCCO)cc2Cl)c1C. The third-order valence-electron chi connectivity index (χ3n) is 3.40. The van der Waals surface area contributed by atoms with Crippen molar-refractivity contribution in [3.05, 3.63) is 34.0 Å². The van der Waals surface area contributed by atoms with Crippen LogP contribution in [0.5, 0.6) is 17.4 Å². The average molecular weight is 311 g/mol. The van der Waals surface area contributed by atoms with E-state index in [4.69, 9.17) is 21.4 Å². The van der Waals surface area contributed by atoms with Crippen molar-refractivity contribution in [2.75, 3.05) is 6.61 Å². The van der Waals surface area contributed by atoms with Crippen molar-refractivity contribution in [2.45, 2.75) is 26.7 Å². The molecule has 2 N–H and O–H groups in total. The van der Waals surface area contributed by atoms with Crippen molar-refractivity contribution >= 4 is 11.6 Å². The molecule has 2 aromatic rings. The Morgan fingerprint density at radius 1 is 1.33 bits per heavy atom. The second kappa shape index (κ2) is 6.37. The molecule has 0 fully saturated rings. The standard InChI is InChI=1S/C15H19ClN2O3/c1-9-10(2)17-18(3)15(9)21-14-8-13(20)11(5-4-6-19)7-12(14)16/h7-8,19-20H,4-6H2,1-3H3. The fourth-order valence-electron chi connectivity index (χ4n) is 2.12. The molecule has 0 saturated carbocycles. The zero-order chi connectivity index (χ0) is 15.6. The predicted molar refractivity (Wildman–Crippen MR) is 81.3 cm³/mol. The van der Waals surface area contributed by atoms with Gasteiger partial charge in [-0.1, -0.05) is 11.6 Å². The zero-order valence-corrected chi connectivity index (χ0v) is 13.1. The summed E-state index contributed by atoms with van der Waals surface area (Å²) < 4.78 is 7.43. The third-order valence-corrected chi connectivity index (χ3v) is 3.70. The van der Waals surface area contributed by atoms with Crippen LogP contribution in [0.4, 0.5) is 0 Å². The number of phenols is 1. The molecule has 0 bridgehead atoms. The molecular formula is C15H19ClN2O3. The summed E-state index contributed by atoms with van der Waals surface area (Å²) in [7, 11) is 1.79. The maximum atomic E-state index is 10.0.